The summed E-state index contributed by atoms with van der Waals surface area (Å²) in [5, 5.41) is 16.8. The largest absolute Gasteiger partial charge is 0.511 e. The Morgan fingerprint density at radius 2 is 2.06 bits per heavy atom. The van der Waals surface area contributed by atoms with Gasteiger partial charge in [0.2, 0.25) is 10.0 Å². The zero-order valence-electron chi connectivity index (χ0n) is 19.1. The maximum atomic E-state index is 13.8. The van der Waals surface area contributed by atoms with Gasteiger partial charge in [0.1, 0.15) is 21.2 Å². The molecule has 4 aliphatic rings. The number of benzene rings is 1. The number of carbonyl (C=O) groups is 1. The molecular weight excluding hydrogens is 526 g/mol. The molecule has 4 atom stereocenters. The van der Waals surface area contributed by atoms with E-state index < -0.39 is 26.0 Å². The van der Waals surface area contributed by atoms with Crippen molar-refractivity contribution >= 4 is 54.5 Å². The van der Waals surface area contributed by atoms with Gasteiger partial charge in [-0.05, 0) is 49.3 Å². The highest BCUT2D eigenvalue weighted by molar-refractivity contribution is 7.92. The molecule has 2 fully saturated rings. The highest BCUT2D eigenvalue weighted by atomic mass is 32.2. The molecule has 0 saturated heterocycles. The molecule has 2 aromatic rings. The summed E-state index contributed by atoms with van der Waals surface area (Å²) >= 11 is 1.43. The average Bonchev–Trinajstić information content (AvgIpc) is 3.54. The summed E-state index contributed by atoms with van der Waals surface area (Å²) in [6, 6.07) is 3.80. The molecule has 6 rings (SSSR count). The molecule has 36 heavy (non-hydrogen) atoms. The highest BCUT2D eigenvalue weighted by Crippen LogP contribution is 2.55. The zero-order valence-corrected chi connectivity index (χ0v) is 21.5. The van der Waals surface area contributed by atoms with Gasteiger partial charge in [-0.2, -0.15) is 8.42 Å². The molecule has 2 bridgehead atoms. The van der Waals surface area contributed by atoms with E-state index in [0.717, 1.165) is 36.6 Å². The minimum absolute atomic E-state index is 0.0653. The number of rotatable bonds is 5. The molecule has 2 aliphatic heterocycles. The van der Waals surface area contributed by atoms with Crippen LogP contribution in [0.3, 0.4) is 0 Å². The lowest BCUT2D eigenvalue weighted by molar-refractivity contribution is -0.134. The van der Waals surface area contributed by atoms with Crippen LogP contribution in [-0.2, 0) is 31.4 Å². The van der Waals surface area contributed by atoms with Crippen molar-refractivity contribution < 1.29 is 26.7 Å². The molecule has 1 aromatic heterocycles. The predicted molar refractivity (Wildman–Crippen MR) is 134 cm³/mol. The molecule has 2 unspecified atom stereocenters. The summed E-state index contributed by atoms with van der Waals surface area (Å²) in [5.41, 5.74) is 0.0529. The number of aliphatic hydroxyl groups excluding tert-OH is 1. The van der Waals surface area contributed by atoms with Crippen molar-refractivity contribution in [2.24, 2.45) is 22.2 Å². The van der Waals surface area contributed by atoms with Gasteiger partial charge in [-0.1, -0.05) is 0 Å². The highest BCUT2D eigenvalue weighted by Gasteiger charge is 2.57. The summed E-state index contributed by atoms with van der Waals surface area (Å²) in [6.07, 6.45) is 5.47. The molecule has 3 heterocycles. The third-order valence-electron chi connectivity index (χ3n) is 7.33. The smallest absolute Gasteiger partial charge is 0.286 e. The fourth-order valence-corrected chi connectivity index (χ4v) is 8.39. The van der Waals surface area contributed by atoms with Crippen molar-refractivity contribution in [3.05, 3.63) is 46.1 Å². The van der Waals surface area contributed by atoms with E-state index in [-0.39, 0.29) is 63.8 Å². The first kappa shape index (κ1) is 23.4. The van der Waals surface area contributed by atoms with Gasteiger partial charge in [-0.25, -0.2) is 13.4 Å². The molecular formula is C22H23N5O6S3. The lowest BCUT2D eigenvalue weighted by Gasteiger charge is -2.43. The van der Waals surface area contributed by atoms with Crippen molar-refractivity contribution in [1.29, 1.82) is 0 Å². The standard InChI is InChI=1S/C22H23N5O6S3/c1-35(30,31)25-13-4-5-14-15(9-13)36(32,33)26-21(24-14)18-20(28)17-11-2-3-12(8-11)19(17)27(22(18)29)10-16-23-6-7-34-16/h4-7,9,11-12,17,19,25,28H,2-3,8,10H2,1H3,(H,24,26)/t11-,12+,17?,19?/m0/s1. The number of anilines is 2. The van der Waals surface area contributed by atoms with E-state index in [4.69, 9.17) is 0 Å². The molecule has 1 aromatic carbocycles. The number of amidine groups is 1. The van der Waals surface area contributed by atoms with E-state index >= 15 is 0 Å². The Hall–Kier alpha value is -2.97. The van der Waals surface area contributed by atoms with Crippen molar-refractivity contribution in [1.82, 2.24) is 9.88 Å². The third-order valence-corrected chi connectivity index (χ3v) is 10.0. The maximum absolute atomic E-state index is 13.8. The number of nitrogens with zero attached hydrogens (tertiary/aromatic N) is 3. The number of hydrogen-bond acceptors (Lipinski definition) is 9. The van der Waals surface area contributed by atoms with Crippen LogP contribution < -0.4 is 10.0 Å². The van der Waals surface area contributed by atoms with Gasteiger partial charge in [0.05, 0.1) is 18.5 Å². The third kappa shape index (κ3) is 3.78. The Balaban J connectivity index is 1.42. The van der Waals surface area contributed by atoms with Crippen molar-refractivity contribution in [2.75, 3.05) is 16.3 Å². The number of nitrogens with one attached hydrogen (secondary N) is 2. The molecule has 190 valence electrons. The van der Waals surface area contributed by atoms with Crippen LogP contribution in [0.15, 0.2) is 50.4 Å². The SMILES string of the molecule is CS(=O)(=O)Nc1ccc2c(c1)S(=O)(=O)N=C(C1=C(O)C3C([C@@H]4CC[C@H]3C4)N(Cc3nccs3)C1=O)N2. The van der Waals surface area contributed by atoms with Gasteiger partial charge in [0.15, 0.2) is 5.84 Å². The average molecular weight is 550 g/mol. The Kier molecular flexibility index (Phi) is 5.22. The first-order chi connectivity index (χ1) is 17.0. The number of hydrogen-bond donors (Lipinski definition) is 3. The van der Waals surface area contributed by atoms with Gasteiger partial charge in [-0.15, -0.1) is 15.7 Å². The quantitative estimate of drug-likeness (QED) is 0.513. The Morgan fingerprint density at radius 1 is 1.28 bits per heavy atom. The number of thiazole rings is 1. The number of fused-ring (bicyclic) bond motifs is 6. The van der Waals surface area contributed by atoms with Crippen LogP contribution >= 0.6 is 11.3 Å². The van der Waals surface area contributed by atoms with Gasteiger partial charge >= 0.3 is 0 Å². The van der Waals surface area contributed by atoms with E-state index in [1.54, 1.807) is 11.1 Å². The minimum atomic E-state index is -4.30. The number of carbonyl (C=O) groups excluding carboxylic acids is 1. The Morgan fingerprint density at radius 3 is 2.78 bits per heavy atom. The summed E-state index contributed by atoms with van der Waals surface area (Å²) < 4.78 is 55.4. The topological polar surface area (TPSA) is 158 Å². The number of sulfonamides is 2. The molecule has 0 spiro atoms. The predicted octanol–water partition coefficient (Wildman–Crippen LogP) is 2.30. The summed E-state index contributed by atoms with van der Waals surface area (Å²) in [5.74, 6) is -0.645. The van der Waals surface area contributed by atoms with Crippen molar-refractivity contribution in [3.63, 3.8) is 0 Å². The van der Waals surface area contributed by atoms with E-state index in [9.17, 15) is 26.7 Å². The van der Waals surface area contributed by atoms with Crippen LogP contribution in [0.2, 0.25) is 0 Å². The summed E-state index contributed by atoms with van der Waals surface area (Å²) in [4.78, 5) is 19.6. The van der Waals surface area contributed by atoms with Crippen LogP contribution in [0, 0.1) is 17.8 Å². The van der Waals surface area contributed by atoms with Crippen LogP contribution in [0.5, 0.6) is 0 Å². The zero-order chi connectivity index (χ0) is 25.4. The number of aliphatic hydroxyl groups is 1. The molecule has 1 amide bonds. The first-order valence-electron chi connectivity index (χ1n) is 11.4. The number of aromatic nitrogens is 1. The fourth-order valence-electron chi connectivity index (χ4n) is 6.07. The fraction of sp³-hybridized carbons (Fsp3) is 0.409. The second-order valence-electron chi connectivity index (χ2n) is 9.59. The lowest BCUT2D eigenvalue weighted by Crippen LogP contribution is -2.53. The van der Waals surface area contributed by atoms with E-state index in [0.29, 0.717) is 0 Å². The molecule has 0 radical (unpaired) electrons. The van der Waals surface area contributed by atoms with E-state index in [1.165, 1.54) is 23.5 Å². The summed E-state index contributed by atoms with van der Waals surface area (Å²) in [7, 11) is -7.92. The second kappa shape index (κ2) is 8.02. The molecule has 2 saturated carbocycles. The van der Waals surface area contributed by atoms with E-state index in [2.05, 4.69) is 19.4 Å². The summed E-state index contributed by atoms with van der Waals surface area (Å²) in [6.45, 7) is 0.273. The van der Waals surface area contributed by atoms with Gasteiger partial charge in [0.25, 0.3) is 15.9 Å². The van der Waals surface area contributed by atoms with Crippen LogP contribution in [0.4, 0.5) is 11.4 Å². The van der Waals surface area contributed by atoms with Crippen LogP contribution in [-0.4, -0.2) is 55.9 Å². The van der Waals surface area contributed by atoms with Gasteiger partial charge in [-0.3, -0.25) is 9.52 Å². The monoisotopic (exact) mass is 549 g/mol. The van der Waals surface area contributed by atoms with Crippen molar-refractivity contribution in [3.8, 4) is 0 Å². The second-order valence-corrected chi connectivity index (χ2v) is 13.9. The Bertz CT molecular complexity index is 1550. The minimum Gasteiger partial charge on any atom is -0.511 e. The van der Waals surface area contributed by atoms with Gasteiger partial charge in [0, 0.05) is 29.2 Å². The van der Waals surface area contributed by atoms with Crippen molar-refractivity contribution in [2.45, 2.75) is 36.7 Å². The van der Waals surface area contributed by atoms with Crippen LogP contribution in [0.25, 0.3) is 0 Å². The molecule has 3 N–H and O–H groups in total. The molecule has 11 nitrogen and oxygen atoms in total. The van der Waals surface area contributed by atoms with E-state index in [1.807, 2.05) is 5.38 Å². The lowest BCUT2D eigenvalue weighted by atomic mass is 9.78. The number of amides is 1. The maximum Gasteiger partial charge on any atom is 0.286 e. The Labute approximate surface area is 212 Å². The van der Waals surface area contributed by atoms with Gasteiger partial charge < -0.3 is 15.3 Å². The van der Waals surface area contributed by atoms with Crippen LogP contribution in [0.1, 0.15) is 24.3 Å². The first-order valence-corrected chi connectivity index (χ1v) is 15.6. The molecule has 14 heteroatoms. The normalized spacial score (nSPS) is 28.4. The molecule has 2 aliphatic carbocycles.